The van der Waals surface area contributed by atoms with E-state index in [2.05, 4.69) is 15.3 Å². The highest BCUT2D eigenvalue weighted by Gasteiger charge is 2.23. The van der Waals surface area contributed by atoms with Crippen LogP contribution in [0.2, 0.25) is 0 Å². The molecule has 1 aromatic rings. The van der Waals surface area contributed by atoms with Crippen LogP contribution < -0.4 is 16.8 Å². The maximum absolute atomic E-state index is 12.1. The molecule has 0 aromatic carbocycles. The van der Waals surface area contributed by atoms with Gasteiger partial charge in [0.25, 0.3) is 5.91 Å². The molecule has 0 saturated heterocycles. The number of aromatic nitrogens is 1. The smallest absolute Gasteiger partial charge is 0.293 e. The fourth-order valence-corrected chi connectivity index (χ4v) is 2.17. The summed E-state index contributed by atoms with van der Waals surface area (Å²) in [6, 6.07) is 1.05. The summed E-state index contributed by atoms with van der Waals surface area (Å²) in [5.41, 5.74) is 11.6. The molecule has 1 aliphatic heterocycles. The monoisotopic (exact) mass is 317 g/mol. The van der Waals surface area contributed by atoms with Crippen molar-refractivity contribution >= 4 is 35.4 Å². The number of amidine groups is 2. The third-order valence-corrected chi connectivity index (χ3v) is 3.31. The minimum absolute atomic E-state index is 0.0715. The molecule has 6 N–H and O–H groups in total. The van der Waals surface area contributed by atoms with Crippen molar-refractivity contribution in [2.45, 2.75) is 25.3 Å². The first-order valence-electron chi connectivity index (χ1n) is 7.06. The molecule has 1 aliphatic rings. The fourth-order valence-electron chi connectivity index (χ4n) is 2.17. The second-order valence-corrected chi connectivity index (χ2v) is 5.24. The lowest BCUT2D eigenvalue weighted by Crippen LogP contribution is -2.24. The number of hydrogen-bond acceptors (Lipinski definition) is 5. The van der Waals surface area contributed by atoms with Crippen LogP contribution in [0.25, 0.3) is 0 Å². The SMILES string of the molecule is Cn1cc(NC(=O)C2CCC(N)=N2)cc1C(=O)N=CCC(=N)N. The lowest BCUT2D eigenvalue weighted by Gasteiger charge is -2.06. The van der Waals surface area contributed by atoms with E-state index in [0.29, 0.717) is 30.1 Å². The highest BCUT2D eigenvalue weighted by molar-refractivity contribution is 6.03. The third kappa shape index (κ3) is 4.25. The lowest BCUT2D eigenvalue weighted by atomic mass is 10.2. The summed E-state index contributed by atoms with van der Waals surface area (Å²) in [6.45, 7) is 0. The number of nitrogens with two attached hydrogens (primary N) is 2. The minimum Gasteiger partial charge on any atom is -0.387 e. The van der Waals surface area contributed by atoms with Gasteiger partial charge in [-0.15, -0.1) is 0 Å². The summed E-state index contributed by atoms with van der Waals surface area (Å²) >= 11 is 0. The van der Waals surface area contributed by atoms with Gasteiger partial charge in [0.15, 0.2) is 0 Å². The maximum Gasteiger partial charge on any atom is 0.293 e. The number of hydrogen-bond donors (Lipinski definition) is 4. The number of carbonyl (C=O) groups excluding carboxylic acids is 2. The Morgan fingerprint density at radius 3 is 2.96 bits per heavy atom. The molecule has 2 rings (SSSR count). The van der Waals surface area contributed by atoms with Gasteiger partial charge in [-0.05, 0) is 12.5 Å². The minimum atomic E-state index is -0.483. The largest absolute Gasteiger partial charge is 0.387 e. The molecule has 9 nitrogen and oxygen atoms in total. The maximum atomic E-state index is 12.1. The summed E-state index contributed by atoms with van der Waals surface area (Å²) in [5, 5.41) is 9.78. The Kier molecular flexibility index (Phi) is 4.89. The molecule has 2 heterocycles. The molecule has 0 radical (unpaired) electrons. The predicted octanol–water partition coefficient (Wildman–Crippen LogP) is 0.0203. The number of rotatable bonds is 5. The van der Waals surface area contributed by atoms with Gasteiger partial charge in [-0.3, -0.25) is 20.0 Å². The van der Waals surface area contributed by atoms with Crippen molar-refractivity contribution in [2.24, 2.45) is 28.5 Å². The standard InChI is InChI=1S/C14H19N7O2/c1-21-7-8(19-13(22)9-2-3-12(17)20-9)6-10(21)14(23)18-5-4-11(15)16/h5-7,9H,2-4H2,1H3,(H3,15,16)(H2,17,20)(H,19,22). The first-order chi connectivity index (χ1) is 10.9. The Morgan fingerprint density at radius 1 is 1.61 bits per heavy atom. The van der Waals surface area contributed by atoms with Gasteiger partial charge in [-0.1, -0.05) is 0 Å². The quantitative estimate of drug-likeness (QED) is 0.447. The summed E-state index contributed by atoms with van der Waals surface area (Å²) < 4.78 is 1.56. The van der Waals surface area contributed by atoms with Crippen molar-refractivity contribution in [3.8, 4) is 0 Å². The van der Waals surface area contributed by atoms with Crippen LogP contribution in [-0.2, 0) is 11.8 Å². The van der Waals surface area contributed by atoms with Crippen LogP contribution in [-0.4, -0.2) is 40.3 Å². The van der Waals surface area contributed by atoms with Gasteiger partial charge in [0.05, 0.1) is 17.4 Å². The van der Waals surface area contributed by atoms with Crippen molar-refractivity contribution in [3.05, 3.63) is 18.0 Å². The highest BCUT2D eigenvalue weighted by atomic mass is 16.2. The Bertz CT molecular complexity index is 702. The second kappa shape index (κ2) is 6.86. The van der Waals surface area contributed by atoms with Gasteiger partial charge in [0, 0.05) is 32.3 Å². The van der Waals surface area contributed by atoms with E-state index in [4.69, 9.17) is 16.9 Å². The van der Waals surface area contributed by atoms with Crippen molar-refractivity contribution in [1.29, 1.82) is 5.41 Å². The van der Waals surface area contributed by atoms with Gasteiger partial charge < -0.3 is 21.4 Å². The molecule has 0 saturated carbocycles. The van der Waals surface area contributed by atoms with E-state index in [1.54, 1.807) is 17.8 Å². The zero-order chi connectivity index (χ0) is 17.0. The van der Waals surface area contributed by atoms with Crippen molar-refractivity contribution in [2.75, 3.05) is 5.32 Å². The van der Waals surface area contributed by atoms with Crippen molar-refractivity contribution < 1.29 is 9.59 Å². The van der Waals surface area contributed by atoms with Crippen LogP contribution in [0.15, 0.2) is 22.2 Å². The molecule has 2 amide bonds. The molecule has 23 heavy (non-hydrogen) atoms. The van der Waals surface area contributed by atoms with Crippen LogP contribution in [0.3, 0.4) is 0 Å². The summed E-state index contributed by atoms with van der Waals surface area (Å²) in [7, 11) is 1.68. The topological polar surface area (TPSA) is 152 Å². The summed E-state index contributed by atoms with van der Waals surface area (Å²) in [5.74, 6) is -0.320. The number of nitrogens with one attached hydrogen (secondary N) is 2. The van der Waals surface area contributed by atoms with Crippen LogP contribution in [0.5, 0.6) is 0 Å². The molecule has 1 atom stereocenters. The zero-order valence-corrected chi connectivity index (χ0v) is 12.7. The number of aryl methyl sites for hydroxylation is 1. The Hall–Kier alpha value is -2.97. The van der Waals surface area contributed by atoms with E-state index in [-0.39, 0.29) is 18.2 Å². The second-order valence-electron chi connectivity index (χ2n) is 5.24. The molecule has 0 bridgehead atoms. The first kappa shape index (κ1) is 16.4. The lowest BCUT2D eigenvalue weighted by molar-refractivity contribution is -0.117. The van der Waals surface area contributed by atoms with Crippen LogP contribution >= 0.6 is 0 Å². The Balaban J connectivity index is 2.03. The molecular formula is C14H19N7O2. The number of carbonyl (C=O) groups is 2. The van der Waals surface area contributed by atoms with Crippen LogP contribution in [0.1, 0.15) is 29.8 Å². The molecule has 1 unspecified atom stereocenters. The number of aliphatic imine (C=N–C) groups is 2. The molecule has 0 spiro atoms. The van der Waals surface area contributed by atoms with E-state index >= 15 is 0 Å². The van der Waals surface area contributed by atoms with Crippen molar-refractivity contribution in [3.63, 3.8) is 0 Å². The molecule has 0 aliphatic carbocycles. The third-order valence-electron chi connectivity index (χ3n) is 3.31. The van der Waals surface area contributed by atoms with Gasteiger partial charge in [0.1, 0.15) is 11.7 Å². The van der Waals surface area contributed by atoms with E-state index in [9.17, 15) is 9.59 Å². The Morgan fingerprint density at radius 2 is 2.35 bits per heavy atom. The highest BCUT2D eigenvalue weighted by Crippen LogP contribution is 2.17. The number of amides is 2. The molecule has 122 valence electrons. The zero-order valence-electron chi connectivity index (χ0n) is 12.7. The number of anilines is 1. The Labute approximate surface area is 133 Å². The van der Waals surface area contributed by atoms with E-state index in [1.165, 1.54) is 12.3 Å². The van der Waals surface area contributed by atoms with Crippen LogP contribution in [0.4, 0.5) is 5.69 Å². The van der Waals surface area contributed by atoms with Gasteiger partial charge in [-0.2, -0.15) is 0 Å². The predicted molar refractivity (Wildman–Crippen MR) is 88.0 cm³/mol. The molecule has 9 heteroatoms. The normalized spacial score (nSPS) is 17.3. The fraction of sp³-hybridized carbons (Fsp3) is 0.357. The molecule has 1 aromatic heterocycles. The number of nitrogens with zero attached hydrogens (tertiary/aromatic N) is 3. The van der Waals surface area contributed by atoms with E-state index in [0.717, 1.165) is 0 Å². The molecular weight excluding hydrogens is 298 g/mol. The average Bonchev–Trinajstić information content (AvgIpc) is 3.04. The summed E-state index contributed by atoms with van der Waals surface area (Å²) in [4.78, 5) is 31.8. The van der Waals surface area contributed by atoms with Gasteiger partial charge in [-0.25, -0.2) is 4.99 Å². The first-order valence-corrected chi connectivity index (χ1v) is 7.06. The summed E-state index contributed by atoms with van der Waals surface area (Å²) in [6.07, 6.45) is 4.22. The van der Waals surface area contributed by atoms with Crippen molar-refractivity contribution in [1.82, 2.24) is 4.57 Å². The average molecular weight is 317 g/mol. The van der Waals surface area contributed by atoms with Gasteiger partial charge >= 0.3 is 0 Å². The van der Waals surface area contributed by atoms with Gasteiger partial charge in [0.2, 0.25) is 5.91 Å². The van der Waals surface area contributed by atoms with E-state index in [1.807, 2.05) is 0 Å². The molecule has 0 fully saturated rings. The van der Waals surface area contributed by atoms with Crippen LogP contribution in [0, 0.1) is 5.41 Å². The van der Waals surface area contributed by atoms with E-state index < -0.39 is 11.9 Å².